The van der Waals surface area contributed by atoms with Crippen molar-refractivity contribution in [1.82, 2.24) is 5.32 Å². The summed E-state index contributed by atoms with van der Waals surface area (Å²) < 4.78 is 13.1. The molecule has 1 saturated carbocycles. The van der Waals surface area contributed by atoms with Gasteiger partial charge in [-0.05, 0) is 36.1 Å². The summed E-state index contributed by atoms with van der Waals surface area (Å²) in [5, 5.41) is 13.0. The smallest absolute Gasteiger partial charge is 0.230 e. The summed E-state index contributed by atoms with van der Waals surface area (Å²) in [6.07, 6.45) is 2.39. The van der Waals surface area contributed by atoms with Crippen LogP contribution in [0.4, 0.5) is 4.39 Å². The third-order valence-corrected chi connectivity index (χ3v) is 4.85. The van der Waals surface area contributed by atoms with Gasteiger partial charge in [-0.15, -0.1) is 0 Å². The molecule has 1 fully saturated rings. The van der Waals surface area contributed by atoms with Crippen molar-refractivity contribution >= 4 is 5.91 Å². The zero-order valence-electron chi connectivity index (χ0n) is 13.5. The van der Waals surface area contributed by atoms with Gasteiger partial charge in [0.15, 0.2) is 0 Å². The Kier molecular flexibility index (Phi) is 4.95. The lowest BCUT2D eigenvalue weighted by atomic mass is 9.64. The maximum absolute atomic E-state index is 13.1. The van der Waals surface area contributed by atoms with Crippen LogP contribution in [-0.4, -0.2) is 23.7 Å². The summed E-state index contributed by atoms with van der Waals surface area (Å²) in [4.78, 5) is 12.7. The molecule has 0 heterocycles. The zero-order chi connectivity index (χ0) is 17.0. The van der Waals surface area contributed by atoms with Crippen LogP contribution in [0.3, 0.4) is 0 Å². The minimum absolute atomic E-state index is 0.0764. The molecular formula is C20H22FNO2. The molecule has 24 heavy (non-hydrogen) atoms. The van der Waals surface area contributed by atoms with Crippen LogP contribution >= 0.6 is 0 Å². The predicted molar refractivity (Wildman–Crippen MR) is 91.1 cm³/mol. The Bertz CT molecular complexity index is 681. The van der Waals surface area contributed by atoms with Gasteiger partial charge in [0.25, 0.3) is 0 Å². The van der Waals surface area contributed by atoms with Crippen molar-refractivity contribution in [3.05, 3.63) is 71.5 Å². The number of aliphatic hydroxyl groups is 1. The van der Waals surface area contributed by atoms with Gasteiger partial charge < -0.3 is 10.4 Å². The normalized spacial score (nSPS) is 16.9. The van der Waals surface area contributed by atoms with Crippen LogP contribution in [0.2, 0.25) is 0 Å². The zero-order valence-corrected chi connectivity index (χ0v) is 13.5. The van der Waals surface area contributed by atoms with E-state index in [2.05, 4.69) is 5.32 Å². The van der Waals surface area contributed by atoms with E-state index < -0.39 is 11.5 Å². The molecule has 2 aromatic carbocycles. The van der Waals surface area contributed by atoms with E-state index in [1.807, 2.05) is 30.3 Å². The van der Waals surface area contributed by atoms with Crippen molar-refractivity contribution < 1.29 is 14.3 Å². The molecule has 0 spiro atoms. The number of carbonyl (C=O) groups excluding carboxylic acids is 1. The summed E-state index contributed by atoms with van der Waals surface area (Å²) in [5.41, 5.74) is 1.32. The number of halogens is 1. The van der Waals surface area contributed by atoms with Gasteiger partial charge in [-0.2, -0.15) is 0 Å². The highest BCUT2D eigenvalue weighted by Crippen LogP contribution is 2.43. The first kappa shape index (κ1) is 16.7. The number of rotatable bonds is 6. The lowest BCUT2D eigenvalue weighted by Gasteiger charge is -2.41. The predicted octanol–water partition coefficient (Wildman–Crippen LogP) is 2.97. The van der Waals surface area contributed by atoms with Gasteiger partial charge in [0, 0.05) is 13.0 Å². The average molecular weight is 327 g/mol. The Labute approximate surface area is 141 Å². The van der Waals surface area contributed by atoms with Gasteiger partial charge in [0.1, 0.15) is 5.82 Å². The molecule has 0 bridgehead atoms. The van der Waals surface area contributed by atoms with E-state index in [0.717, 1.165) is 30.4 Å². The highest BCUT2D eigenvalue weighted by Gasteiger charge is 2.45. The molecule has 1 atom stereocenters. The first-order chi connectivity index (χ1) is 11.6. The third-order valence-electron chi connectivity index (χ3n) is 4.85. The first-order valence-corrected chi connectivity index (χ1v) is 8.36. The fourth-order valence-corrected chi connectivity index (χ4v) is 3.28. The van der Waals surface area contributed by atoms with Gasteiger partial charge in [0.05, 0.1) is 11.5 Å². The van der Waals surface area contributed by atoms with Crippen LogP contribution in [-0.2, 0) is 16.6 Å². The third kappa shape index (κ3) is 3.49. The molecule has 0 saturated heterocycles. The van der Waals surface area contributed by atoms with E-state index in [0.29, 0.717) is 6.42 Å². The largest absolute Gasteiger partial charge is 0.391 e. The monoisotopic (exact) mass is 327 g/mol. The fraction of sp³-hybridized carbons (Fsp3) is 0.350. The Morgan fingerprint density at radius 1 is 1.12 bits per heavy atom. The second kappa shape index (κ2) is 7.14. The number of hydrogen-bond donors (Lipinski definition) is 2. The van der Waals surface area contributed by atoms with Crippen LogP contribution in [0.5, 0.6) is 0 Å². The van der Waals surface area contributed by atoms with Gasteiger partial charge >= 0.3 is 0 Å². The van der Waals surface area contributed by atoms with Crippen LogP contribution in [0.1, 0.15) is 30.4 Å². The summed E-state index contributed by atoms with van der Waals surface area (Å²) in [5.74, 6) is -0.376. The Balaban J connectivity index is 1.60. The molecule has 2 aromatic rings. The highest BCUT2D eigenvalue weighted by molar-refractivity contribution is 5.89. The van der Waals surface area contributed by atoms with E-state index in [9.17, 15) is 14.3 Å². The number of carbonyl (C=O) groups is 1. The van der Waals surface area contributed by atoms with E-state index in [4.69, 9.17) is 0 Å². The van der Waals surface area contributed by atoms with Crippen molar-refractivity contribution in [2.45, 2.75) is 37.2 Å². The maximum Gasteiger partial charge on any atom is 0.230 e. The number of nitrogens with one attached hydrogen (secondary N) is 1. The molecule has 3 nitrogen and oxygen atoms in total. The van der Waals surface area contributed by atoms with E-state index in [-0.39, 0.29) is 18.3 Å². The second-order valence-corrected chi connectivity index (χ2v) is 6.50. The molecule has 2 N–H and O–H groups in total. The quantitative estimate of drug-likeness (QED) is 0.857. The molecule has 1 aliphatic rings. The molecule has 0 aromatic heterocycles. The van der Waals surface area contributed by atoms with E-state index >= 15 is 0 Å². The summed E-state index contributed by atoms with van der Waals surface area (Å²) in [7, 11) is 0. The van der Waals surface area contributed by atoms with Crippen molar-refractivity contribution in [3.63, 3.8) is 0 Å². The van der Waals surface area contributed by atoms with Gasteiger partial charge in [0.2, 0.25) is 5.91 Å². The van der Waals surface area contributed by atoms with Gasteiger partial charge in [-0.3, -0.25) is 4.79 Å². The SMILES string of the molecule is O=C(NCC(O)Cc1ccccc1)C1(c2ccc(F)cc2)CCC1. The van der Waals surface area contributed by atoms with Crippen LogP contribution in [0.15, 0.2) is 54.6 Å². The molecule has 0 radical (unpaired) electrons. The maximum atomic E-state index is 13.1. The van der Waals surface area contributed by atoms with Crippen LogP contribution in [0, 0.1) is 5.82 Å². The van der Waals surface area contributed by atoms with Crippen molar-refractivity contribution in [2.24, 2.45) is 0 Å². The molecule has 3 rings (SSSR count). The fourth-order valence-electron chi connectivity index (χ4n) is 3.28. The molecule has 126 valence electrons. The standard InChI is InChI=1S/C20H22FNO2/c21-17-9-7-16(8-10-17)20(11-4-12-20)19(24)22-14-18(23)13-15-5-2-1-3-6-15/h1-3,5-10,18,23H,4,11-14H2,(H,22,24). The number of aliphatic hydroxyl groups excluding tert-OH is 1. The highest BCUT2D eigenvalue weighted by atomic mass is 19.1. The summed E-state index contributed by atoms with van der Waals surface area (Å²) in [6.45, 7) is 0.219. The molecular weight excluding hydrogens is 305 g/mol. The van der Waals surface area contributed by atoms with E-state index in [1.165, 1.54) is 12.1 Å². The topological polar surface area (TPSA) is 49.3 Å². The first-order valence-electron chi connectivity index (χ1n) is 8.36. The molecule has 1 unspecified atom stereocenters. The molecule has 0 aliphatic heterocycles. The van der Waals surface area contributed by atoms with Crippen molar-refractivity contribution in [3.8, 4) is 0 Å². The Morgan fingerprint density at radius 3 is 2.38 bits per heavy atom. The number of hydrogen-bond acceptors (Lipinski definition) is 2. The second-order valence-electron chi connectivity index (χ2n) is 6.50. The van der Waals surface area contributed by atoms with Crippen LogP contribution < -0.4 is 5.32 Å². The van der Waals surface area contributed by atoms with Crippen molar-refractivity contribution in [2.75, 3.05) is 6.54 Å². The van der Waals surface area contributed by atoms with Gasteiger partial charge in [-0.1, -0.05) is 48.9 Å². The summed E-state index contributed by atoms with van der Waals surface area (Å²) in [6, 6.07) is 15.9. The average Bonchev–Trinajstić information content (AvgIpc) is 2.54. The summed E-state index contributed by atoms with van der Waals surface area (Å²) >= 11 is 0. The molecule has 4 heteroatoms. The Hall–Kier alpha value is -2.20. The lowest BCUT2D eigenvalue weighted by molar-refractivity contribution is -0.130. The van der Waals surface area contributed by atoms with Gasteiger partial charge in [-0.25, -0.2) is 4.39 Å². The minimum atomic E-state index is -0.623. The van der Waals surface area contributed by atoms with Crippen molar-refractivity contribution in [1.29, 1.82) is 0 Å². The molecule has 1 amide bonds. The molecule has 1 aliphatic carbocycles. The lowest BCUT2D eigenvalue weighted by Crippen LogP contribution is -2.50. The number of amides is 1. The Morgan fingerprint density at radius 2 is 1.79 bits per heavy atom. The minimum Gasteiger partial charge on any atom is -0.391 e. The van der Waals surface area contributed by atoms with Crippen LogP contribution in [0.25, 0.3) is 0 Å². The number of benzene rings is 2. The van der Waals surface area contributed by atoms with E-state index in [1.54, 1.807) is 12.1 Å².